The van der Waals surface area contributed by atoms with E-state index >= 15 is 0 Å². The zero-order valence-electron chi connectivity index (χ0n) is 15.6. The lowest BCUT2D eigenvalue weighted by molar-refractivity contribution is 0.122. The number of benzene rings is 2. The average Bonchev–Trinajstić information content (AvgIpc) is 3.15. The van der Waals surface area contributed by atoms with E-state index < -0.39 is 0 Å². The van der Waals surface area contributed by atoms with E-state index in [9.17, 15) is 9.50 Å². The van der Waals surface area contributed by atoms with Gasteiger partial charge in [-0.05, 0) is 48.5 Å². The van der Waals surface area contributed by atoms with Crippen molar-refractivity contribution in [1.29, 1.82) is 0 Å². The molecule has 2 aromatic heterocycles. The molecule has 29 heavy (non-hydrogen) atoms. The van der Waals surface area contributed by atoms with Crippen molar-refractivity contribution >= 4 is 11.5 Å². The van der Waals surface area contributed by atoms with Gasteiger partial charge in [-0.1, -0.05) is 0 Å². The average molecular weight is 390 g/mol. The molecule has 1 N–H and O–H groups in total. The molecule has 2 aromatic carbocycles. The van der Waals surface area contributed by atoms with E-state index in [0.717, 1.165) is 47.1 Å². The Bertz CT molecular complexity index is 1150. The smallest absolute Gasteiger partial charge is 0.181 e. The molecule has 1 aliphatic heterocycles. The number of aromatic hydroxyl groups is 1. The summed E-state index contributed by atoms with van der Waals surface area (Å²) in [6, 6.07) is 13.3. The van der Waals surface area contributed by atoms with Gasteiger partial charge in [-0.3, -0.25) is 4.40 Å². The van der Waals surface area contributed by atoms with Crippen molar-refractivity contribution in [3.05, 3.63) is 66.7 Å². The third kappa shape index (κ3) is 3.19. The van der Waals surface area contributed by atoms with Crippen molar-refractivity contribution in [2.24, 2.45) is 0 Å². The van der Waals surface area contributed by atoms with Crippen LogP contribution in [0.1, 0.15) is 0 Å². The van der Waals surface area contributed by atoms with Crippen LogP contribution in [0.15, 0.2) is 60.9 Å². The third-order valence-electron chi connectivity index (χ3n) is 5.09. The number of hydrogen-bond acceptors (Lipinski definition) is 5. The molecule has 0 aliphatic carbocycles. The Labute approximate surface area is 166 Å². The maximum atomic E-state index is 13.5. The molecule has 0 atom stereocenters. The minimum atomic E-state index is -0.292. The number of aromatic nitrogens is 3. The van der Waals surface area contributed by atoms with Crippen LogP contribution in [0.3, 0.4) is 0 Å². The predicted octanol–water partition coefficient (Wildman–Crippen LogP) is 3.74. The summed E-state index contributed by atoms with van der Waals surface area (Å²) in [5, 5.41) is 9.71. The van der Waals surface area contributed by atoms with Crippen LogP contribution in [0.4, 0.5) is 10.2 Å². The first-order chi connectivity index (χ1) is 14.2. The Morgan fingerprint density at radius 3 is 2.34 bits per heavy atom. The normalized spacial score (nSPS) is 14.4. The quantitative estimate of drug-likeness (QED) is 0.577. The van der Waals surface area contributed by atoms with Crippen LogP contribution in [-0.2, 0) is 4.74 Å². The van der Waals surface area contributed by atoms with E-state index in [4.69, 9.17) is 9.72 Å². The molecule has 0 bridgehead atoms. The van der Waals surface area contributed by atoms with Crippen molar-refractivity contribution in [2.45, 2.75) is 0 Å². The first kappa shape index (κ1) is 17.6. The number of phenols is 1. The van der Waals surface area contributed by atoms with Crippen LogP contribution < -0.4 is 4.90 Å². The Balaban J connectivity index is 1.76. The Hall–Kier alpha value is -3.45. The van der Waals surface area contributed by atoms with E-state index in [1.165, 1.54) is 12.1 Å². The number of rotatable bonds is 3. The van der Waals surface area contributed by atoms with Crippen LogP contribution in [-0.4, -0.2) is 45.8 Å². The molecule has 146 valence electrons. The maximum Gasteiger partial charge on any atom is 0.181 e. The Kier molecular flexibility index (Phi) is 4.37. The van der Waals surface area contributed by atoms with Crippen molar-refractivity contribution in [3.63, 3.8) is 0 Å². The summed E-state index contributed by atoms with van der Waals surface area (Å²) >= 11 is 0. The van der Waals surface area contributed by atoms with Crippen LogP contribution in [0, 0.1) is 5.82 Å². The van der Waals surface area contributed by atoms with Gasteiger partial charge in [-0.25, -0.2) is 14.4 Å². The molecule has 7 heteroatoms. The minimum absolute atomic E-state index is 0.196. The first-order valence-electron chi connectivity index (χ1n) is 9.46. The van der Waals surface area contributed by atoms with Gasteiger partial charge in [0.15, 0.2) is 11.5 Å². The molecule has 5 rings (SSSR count). The largest absolute Gasteiger partial charge is 0.508 e. The fourth-order valence-corrected chi connectivity index (χ4v) is 3.67. The van der Waals surface area contributed by atoms with E-state index in [1.54, 1.807) is 30.5 Å². The van der Waals surface area contributed by atoms with Gasteiger partial charge < -0.3 is 14.7 Å². The molecule has 0 amide bonds. The molecule has 1 fully saturated rings. The second-order valence-electron chi connectivity index (χ2n) is 6.91. The molecule has 0 spiro atoms. The summed E-state index contributed by atoms with van der Waals surface area (Å²) in [7, 11) is 0. The molecular formula is C22H19FN4O2. The Morgan fingerprint density at radius 1 is 0.931 bits per heavy atom. The molecule has 6 nitrogen and oxygen atoms in total. The standard InChI is InChI=1S/C22H19FN4O2/c23-17-5-1-15(2-6-17)19-20(16-3-7-18(28)8-4-16)27-10-9-24-21(22(27)25-19)26-11-13-29-14-12-26/h1-10,28H,11-14H2. The van der Waals surface area contributed by atoms with Crippen molar-refractivity contribution in [2.75, 3.05) is 31.2 Å². The zero-order valence-corrected chi connectivity index (χ0v) is 15.6. The van der Waals surface area contributed by atoms with Gasteiger partial charge in [-0.2, -0.15) is 0 Å². The van der Waals surface area contributed by atoms with Crippen molar-refractivity contribution in [3.8, 4) is 28.3 Å². The summed E-state index contributed by atoms with van der Waals surface area (Å²) in [5.74, 6) is 0.699. The predicted molar refractivity (Wildman–Crippen MR) is 109 cm³/mol. The molecule has 0 unspecified atom stereocenters. The molecule has 0 radical (unpaired) electrons. The zero-order chi connectivity index (χ0) is 19.8. The van der Waals surface area contributed by atoms with Gasteiger partial charge in [-0.15, -0.1) is 0 Å². The van der Waals surface area contributed by atoms with Crippen LogP contribution in [0.25, 0.3) is 28.2 Å². The van der Waals surface area contributed by atoms with Gasteiger partial charge >= 0.3 is 0 Å². The number of fused-ring (bicyclic) bond motifs is 1. The third-order valence-corrected chi connectivity index (χ3v) is 5.09. The van der Waals surface area contributed by atoms with E-state index in [1.807, 2.05) is 22.7 Å². The summed E-state index contributed by atoms with van der Waals surface area (Å²) in [4.78, 5) is 11.7. The first-order valence-corrected chi connectivity index (χ1v) is 9.46. The fraction of sp³-hybridized carbons (Fsp3) is 0.182. The van der Waals surface area contributed by atoms with Gasteiger partial charge in [0, 0.05) is 36.6 Å². The number of phenolic OH excluding ortho intramolecular Hbond substituents is 1. The molecule has 1 aliphatic rings. The number of anilines is 1. The summed E-state index contributed by atoms with van der Waals surface area (Å²) in [6.45, 7) is 2.80. The summed E-state index contributed by atoms with van der Waals surface area (Å²) in [5.41, 5.74) is 4.04. The molecule has 1 saturated heterocycles. The van der Waals surface area contributed by atoms with E-state index in [2.05, 4.69) is 9.88 Å². The lowest BCUT2D eigenvalue weighted by Gasteiger charge is -2.27. The van der Waals surface area contributed by atoms with Gasteiger partial charge in [0.25, 0.3) is 0 Å². The highest BCUT2D eigenvalue weighted by atomic mass is 19.1. The van der Waals surface area contributed by atoms with E-state index in [0.29, 0.717) is 13.2 Å². The lowest BCUT2D eigenvalue weighted by atomic mass is 10.0. The molecule has 3 heterocycles. The monoisotopic (exact) mass is 390 g/mol. The highest BCUT2D eigenvalue weighted by Gasteiger charge is 2.22. The lowest BCUT2D eigenvalue weighted by Crippen LogP contribution is -2.37. The number of nitrogens with zero attached hydrogens (tertiary/aromatic N) is 4. The second-order valence-corrected chi connectivity index (χ2v) is 6.91. The highest BCUT2D eigenvalue weighted by Crippen LogP contribution is 2.35. The van der Waals surface area contributed by atoms with Crippen LogP contribution in [0.2, 0.25) is 0 Å². The maximum absolute atomic E-state index is 13.5. The molecular weight excluding hydrogens is 371 g/mol. The highest BCUT2D eigenvalue weighted by molar-refractivity contribution is 5.84. The van der Waals surface area contributed by atoms with Crippen molar-refractivity contribution in [1.82, 2.24) is 14.4 Å². The van der Waals surface area contributed by atoms with Crippen LogP contribution in [0.5, 0.6) is 5.75 Å². The van der Waals surface area contributed by atoms with Crippen molar-refractivity contribution < 1.29 is 14.2 Å². The number of hydrogen-bond donors (Lipinski definition) is 1. The number of imidazole rings is 1. The second kappa shape index (κ2) is 7.18. The molecule has 4 aromatic rings. The molecule has 0 saturated carbocycles. The SMILES string of the molecule is Oc1ccc(-c2c(-c3ccc(F)cc3)nc3c(N4CCOCC4)nccn23)cc1. The number of halogens is 1. The number of morpholine rings is 1. The van der Waals surface area contributed by atoms with Gasteiger partial charge in [0.1, 0.15) is 11.6 Å². The van der Waals surface area contributed by atoms with E-state index in [-0.39, 0.29) is 11.6 Å². The van der Waals surface area contributed by atoms with Gasteiger partial charge in [0.2, 0.25) is 0 Å². The number of ether oxygens (including phenoxy) is 1. The fourth-order valence-electron chi connectivity index (χ4n) is 3.67. The van der Waals surface area contributed by atoms with Crippen LogP contribution >= 0.6 is 0 Å². The van der Waals surface area contributed by atoms with Gasteiger partial charge in [0.05, 0.1) is 24.6 Å². The summed E-state index contributed by atoms with van der Waals surface area (Å²) in [6.07, 6.45) is 3.64. The topological polar surface area (TPSA) is 62.9 Å². The summed E-state index contributed by atoms with van der Waals surface area (Å²) < 4.78 is 21.0. The Morgan fingerprint density at radius 2 is 1.62 bits per heavy atom. The minimum Gasteiger partial charge on any atom is -0.508 e.